The van der Waals surface area contributed by atoms with Crippen molar-refractivity contribution in [3.63, 3.8) is 0 Å². The molecule has 2 aromatic carbocycles. The molecule has 0 bridgehead atoms. The molecule has 0 aromatic heterocycles. The van der Waals surface area contributed by atoms with Crippen molar-refractivity contribution in [3.8, 4) is 5.75 Å². The van der Waals surface area contributed by atoms with Crippen LogP contribution in [-0.2, 0) is 20.2 Å². The van der Waals surface area contributed by atoms with Crippen LogP contribution >= 0.6 is 11.6 Å². The van der Waals surface area contributed by atoms with E-state index in [1.807, 2.05) is 20.8 Å². The largest absolute Gasteiger partial charge is 0.496 e. The number of amides is 3. The summed E-state index contributed by atoms with van der Waals surface area (Å²) in [6, 6.07) is 9.60. The zero-order valence-electron chi connectivity index (χ0n) is 19.7. The van der Waals surface area contributed by atoms with Crippen molar-refractivity contribution in [1.82, 2.24) is 5.32 Å². The summed E-state index contributed by atoms with van der Waals surface area (Å²) in [5.74, 6) is 0.290. The Morgan fingerprint density at radius 3 is 2.35 bits per heavy atom. The van der Waals surface area contributed by atoms with E-state index < -0.39 is 16.1 Å². The van der Waals surface area contributed by atoms with Crippen molar-refractivity contribution in [1.29, 1.82) is 0 Å². The number of halogens is 1. The van der Waals surface area contributed by atoms with Gasteiger partial charge in [0, 0.05) is 34.8 Å². The molecule has 1 aliphatic heterocycles. The van der Waals surface area contributed by atoms with Crippen molar-refractivity contribution in [3.05, 3.63) is 53.1 Å². The summed E-state index contributed by atoms with van der Waals surface area (Å²) in [7, 11) is -1.83. The summed E-state index contributed by atoms with van der Waals surface area (Å²) in [5.41, 5.74) is 2.54. The molecule has 1 heterocycles. The maximum absolute atomic E-state index is 12.6. The monoisotopic (exact) mass is 505 g/mol. The zero-order chi connectivity index (χ0) is 25.3. The highest BCUT2D eigenvalue weighted by Gasteiger charge is 2.30. The van der Waals surface area contributed by atoms with Crippen LogP contribution in [0.5, 0.6) is 5.75 Å². The van der Waals surface area contributed by atoms with E-state index in [0.717, 1.165) is 16.7 Å². The van der Waals surface area contributed by atoms with Crippen LogP contribution in [0.4, 0.5) is 16.2 Å². The number of sulfonamides is 1. The van der Waals surface area contributed by atoms with Gasteiger partial charge in [-0.05, 0) is 41.3 Å². The zero-order valence-corrected chi connectivity index (χ0v) is 21.3. The Morgan fingerprint density at radius 2 is 1.82 bits per heavy atom. The predicted octanol–water partition coefficient (Wildman–Crippen LogP) is 4.55. The van der Waals surface area contributed by atoms with Crippen LogP contribution in [0.1, 0.15) is 43.9 Å². The molecule has 34 heavy (non-hydrogen) atoms. The van der Waals surface area contributed by atoms with Crippen molar-refractivity contribution in [2.24, 2.45) is 0 Å². The molecule has 182 valence electrons. The standard InChI is InChI=1S/C24H28ClN3O5S/c1-24(2,3)19-14-18(28-21(29)10-11-26-23(28)30)12-16(22(19)33-4)13-20(25)15-6-8-17(9-7-15)27-34(5,31)32/h6-9,12-14,27H,10-11H2,1-5H3,(H,26,30)/b20-13-. The highest BCUT2D eigenvalue weighted by molar-refractivity contribution is 7.92. The van der Waals surface area contributed by atoms with Crippen LogP contribution in [0.3, 0.4) is 0 Å². The fourth-order valence-electron chi connectivity index (χ4n) is 3.63. The first-order valence-corrected chi connectivity index (χ1v) is 12.9. The maximum atomic E-state index is 12.6. The first-order valence-electron chi connectivity index (χ1n) is 10.6. The SMILES string of the molecule is COc1c(/C=C(\Cl)c2ccc(NS(C)(=O)=O)cc2)cc(N2C(=O)CCNC2=O)cc1C(C)(C)C. The summed E-state index contributed by atoms with van der Waals surface area (Å²) in [5, 5.41) is 3.07. The summed E-state index contributed by atoms with van der Waals surface area (Å²) >= 11 is 6.62. The topological polar surface area (TPSA) is 105 Å². The molecule has 8 nitrogen and oxygen atoms in total. The molecule has 3 amide bonds. The van der Waals surface area contributed by atoms with E-state index in [1.165, 1.54) is 0 Å². The number of anilines is 2. The van der Waals surface area contributed by atoms with E-state index in [4.69, 9.17) is 16.3 Å². The second-order valence-corrected chi connectivity index (χ2v) is 11.2. The number of carbonyl (C=O) groups is 2. The van der Waals surface area contributed by atoms with Gasteiger partial charge in [-0.15, -0.1) is 0 Å². The van der Waals surface area contributed by atoms with E-state index in [0.29, 0.717) is 39.8 Å². The van der Waals surface area contributed by atoms with E-state index >= 15 is 0 Å². The van der Waals surface area contributed by atoms with Gasteiger partial charge in [-0.1, -0.05) is 44.5 Å². The van der Waals surface area contributed by atoms with E-state index in [2.05, 4.69) is 10.0 Å². The molecule has 3 rings (SSSR count). The molecule has 10 heteroatoms. The lowest BCUT2D eigenvalue weighted by molar-refractivity contribution is -0.118. The first-order chi connectivity index (χ1) is 15.8. The lowest BCUT2D eigenvalue weighted by Crippen LogP contribution is -2.50. The van der Waals surface area contributed by atoms with Gasteiger partial charge in [0.25, 0.3) is 0 Å². The Labute approximate surface area is 205 Å². The van der Waals surface area contributed by atoms with E-state index in [1.54, 1.807) is 49.6 Å². The van der Waals surface area contributed by atoms with Gasteiger partial charge in [0.1, 0.15) is 5.75 Å². The number of hydrogen-bond acceptors (Lipinski definition) is 5. The average Bonchev–Trinajstić information content (AvgIpc) is 2.72. The quantitative estimate of drug-likeness (QED) is 0.560. The third-order valence-electron chi connectivity index (χ3n) is 5.19. The number of ether oxygens (including phenoxy) is 1. The Hall–Kier alpha value is -3.04. The van der Waals surface area contributed by atoms with Gasteiger partial charge in [-0.25, -0.2) is 18.1 Å². The average molecular weight is 506 g/mol. The van der Waals surface area contributed by atoms with Crippen molar-refractivity contribution < 1.29 is 22.7 Å². The lowest BCUT2D eigenvalue weighted by atomic mass is 9.84. The summed E-state index contributed by atoms with van der Waals surface area (Å²) in [4.78, 5) is 26.2. The fraction of sp³-hybridized carbons (Fsp3) is 0.333. The van der Waals surface area contributed by atoms with Gasteiger partial charge in [0.05, 0.1) is 19.1 Å². The number of rotatable bonds is 6. The number of methoxy groups -OCH3 is 1. The van der Waals surface area contributed by atoms with Crippen molar-refractivity contribution in [2.45, 2.75) is 32.6 Å². The molecular formula is C24H28ClN3O5S. The van der Waals surface area contributed by atoms with Crippen molar-refractivity contribution >= 4 is 56.0 Å². The first kappa shape index (κ1) is 25.6. The molecule has 0 aliphatic carbocycles. The minimum absolute atomic E-state index is 0.211. The van der Waals surface area contributed by atoms with Crippen LogP contribution in [-0.4, -0.2) is 40.3 Å². The Bertz CT molecular complexity index is 1230. The smallest absolute Gasteiger partial charge is 0.328 e. The van der Waals surface area contributed by atoms with Crippen LogP contribution in [0.25, 0.3) is 11.1 Å². The number of benzene rings is 2. The molecule has 2 aromatic rings. The predicted molar refractivity (Wildman–Crippen MR) is 136 cm³/mol. The van der Waals surface area contributed by atoms with Crippen LogP contribution in [0.2, 0.25) is 0 Å². The molecule has 0 atom stereocenters. The number of imide groups is 1. The molecule has 0 radical (unpaired) electrons. The van der Waals surface area contributed by atoms with Gasteiger partial charge in [0.2, 0.25) is 15.9 Å². The van der Waals surface area contributed by atoms with Crippen LogP contribution < -0.4 is 19.7 Å². The Kier molecular flexibility index (Phi) is 7.28. The van der Waals surface area contributed by atoms with Crippen LogP contribution in [0, 0.1) is 0 Å². The van der Waals surface area contributed by atoms with Crippen LogP contribution in [0.15, 0.2) is 36.4 Å². The highest BCUT2D eigenvalue weighted by Crippen LogP contribution is 2.40. The number of nitrogens with one attached hydrogen (secondary N) is 2. The van der Waals surface area contributed by atoms with Gasteiger partial charge in [-0.2, -0.15) is 0 Å². The second kappa shape index (κ2) is 9.68. The molecule has 1 saturated heterocycles. The Balaban J connectivity index is 2.11. The number of hydrogen-bond donors (Lipinski definition) is 2. The van der Waals surface area contributed by atoms with Gasteiger partial charge < -0.3 is 10.1 Å². The second-order valence-electron chi connectivity index (χ2n) is 9.02. The third kappa shape index (κ3) is 5.90. The van der Waals surface area contributed by atoms with Crippen molar-refractivity contribution in [2.75, 3.05) is 29.5 Å². The Morgan fingerprint density at radius 1 is 1.18 bits per heavy atom. The molecule has 1 aliphatic rings. The minimum Gasteiger partial charge on any atom is -0.496 e. The summed E-state index contributed by atoms with van der Waals surface area (Å²) in [6.45, 7) is 6.33. The van der Waals surface area contributed by atoms with E-state index in [-0.39, 0.29) is 17.7 Å². The molecule has 2 N–H and O–H groups in total. The van der Waals surface area contributed by atoms with Gasteiger partial charge in [0.15, 0.2) is 0 Å². The fourth-order valence-corrected chi connectivity index (χ4v) is 4.44. The molecule has 1 fully saturated rings. The normalized spacial score (nSPS) is 15.2. The molecular weight excluding hydrogens is 478 g/mol. The number of urea groups is 1. The van der Waals surface area contributed by atoms with Gasteiger partial charge >= 0.3 is 6.03 Å². The molecule has 0 unspecified atom stereocenters. The molecule has 0 saturated carbocycles. The highest BCUT2D eigenvalue weighted by atomic mass is 35.5. The van der Waals surface area contributed by atoms with E-state index in [9.17, 15) is 18.0 Å². The summed E-state index contributed by atoms with van der Waals surface area (Å²) < 4.78 is 31.0. The lowest BCUT2D eigenvalue weighted by Gasteiger charge is -2.29. The minimum atomic E-state index is -3.39. The maximum Gasteiger partial charge on any atom is 0.328 e. The molecule has 0 spiro atoms. The third-order valence-corrected chi connectivity index (χ3v) is 6.12. The number of nitrogens with zero attached hydrogens (tertiary/aromatic N) is 1. The summed E-state index contributed by atoms with van der Waals surface area (Å²) in [6.07, 6.45) is 2.99. The number of carbonyl (C=O) groups excluding carboxylic acids is 2. The van der Waals surface area contributed by atoms with Gasteiger partial charge in [-0.3, -0.25) is 9.52 Å².